The van der Waals surface area contributed by atoms with Gasteiger partial charge in [-0.2, -0.15) is 10.4 Å². The minimum atomic E-state index is -4.18. The maximum Gasteiger partial charge on any atom is 0.343 e. The van der Waals surface area contributed by atoms with Gasteiger partial charge in [-0.1, -0.05) is 11.6 Å². The summed E-state index contributed by atoms with van der Waals surface area (Å²) >= 11 is 6.02. The lowest BCUT2D eigenvalue weighted by atomic mass is 10.3. The molecule has 9 nitrogen and oxygen atoms in total. The van der Waals surface area contributed by atoms with E-state index in [-0.39, 0.29) is 40.9 Å². The Labute approximate surface area is 161 Å². The molecule has 2 rings (SSSR count). The van der Waals surface area contributed by atoms with Crippen molar-refractivity contribution in [1.29, 1.82) is 5.26 Å². The molecule has 0 amide bonds. The summed E-state index contributed by atoms with van der Waals surface area (Å²) in [7, 11) is -2.79. The first-order chi connectivity index (χ1) is 12.8. The third-order valence-corrected chi connectivity index (χ3v) is 5.25. The molecular formula is C16H17ClN4O5S. The van der Waals surface area contributed by atoms with E-state index in [9.17, 15) is 13.2 Å². The van der Waals surface area contributed by atoms with E-state index in [1.165, 1.54) is 36.2 Å². The van der Waals surface area contributed by atoms with E-state index in [4.69, 9.17) is 26.3 Å². The summed E-state index contributed by atoms with van der Waals surface area (Å²) in [5.74, 6) is -0.555. The fourth-order valence-electron chi connectivity index (χ4n) is 2.18. The Morgan fingerprint density at radius 3 is 2.81 bits per heavy atom. The average Bonchev–Trinajstić information content (AvgIpc) is 3.02. The van der Waals surface area contributed by atoms with E-state index in [0.717, 1.165) is 0 Å². The first-order valence-electron chi connectivity index (χ1n) is 7.80. The van der Waals surface area contributed by atoms with E-state index in [0.29, 0.717) is 5.75 Å². The second-order valence-corrected chi connectivity index (χ2v) is 7.22. The van der Waals surface area contributed by atoms with Crippen LogP contribution in [0.2, 0.25) is 5.02 Å². The predicted molar refractivity (Wildman–Crippen MR) is 97.2 cm³/mol. The zero-order valence-corrected chi connectivity index (χ0v) is 16.2. The number of anilines is 1. The molecule has 0 aliphatic carbocycles. The van der Waals surface area contributed by atoms with Crippen LogP contribution in [0.25, 0.3) is 0 Å². The SMILES string of the molecule is CCOC(=O)c1cnn(CCC#N)c1NS(=O)(=O)c1cc(OC)ccc1Cl. The maximum atomic E-state index is 12.8. The van der Waals surface area contributed by atoms with Crippen molar-refractivity contribution in [3.8, 4) is 11.8 Å². The number of carbonyl (C=O) groups is 1. The van der Waals surface area contributed by atoms with Gasteiger partial charge in [0.2, 0.25) is 0 Å². The van der Waals surface area contributed by atoms with E-state index < -0.39 is 16.0 Å². The molecule has 0 saturated carbocycles. The number of halogens is 1. The number of hydrogen-bond acceptors (Lipinski definition) is 7. The lowest BCUT2D eigenvalue weighted by Crippen LogP contribution is -2.19. The summed E-state index contributed by atoms with van der Waals surface area (Å²) in [6, 6.07) is 6.09. The van der Waals surface area contributed by atoms with Gasteiger partial charge in [-0.15, -0.1) is 0 Å². The van der Waals surface area contributed by atoms with Gasteiger partial charge in [0.1, 0.15) is 16.2 Å². The molecule has 0 unspecified atom stereocenters. The molecule has 1 heterocycles. The van der Waals surface area contributed by atoms with E-state index in [2.05, 4.69) is 9.82 Å². The molecule has 2 aromatic rings. The van der Waals surface area contributed by atoms with Crippen molar-refractivity contribution in [3.63, 3.8) is 0 Å². The lowest BCUT2D eigenvalue weighted by Gasteiger charge is -2.13. The van der Waals surface area contributed by atoms with Gasteiger partial charge in [0.15, 0.2) is 5.82 Å². The smallest absolute Gasteiger partial charge is 0.343 e. The van der Waals surface area contributed by atoms with Crippen molar-refractivity contribution in [2.45, 2.75) is 24.8 Å². The van der Waals surface area contributed by atoms with Gasteiger partial charge in [0.05, 0.1) is 44.0 Å². The molecule has 0 radical (unpaired) electrons. The molecule has 0 spiro atoms. The molecule has 144 valence electrons. The molecule has 0 saturated heterocycles. The van der Waals surface area contributed by atoms with Crippen LogP contribution in [0.1, 0.15) is 23.7 Å². The second-order valence-electron chi connectivity index (χ2n) is 5.16. The molecule has 0 aliphatic heterocycles. The Hall–Kier alpha value is -2.77. The van der Waals surface area contributed by atoms with Crippen molar-refractivity contribution in [2.24, 2.45) is 0 Å². The fraction of sp³-hybridized carbons (Fsp3) is 0.312. The number of nitrogens with one attached hydrogen (secondary N) is 1. The van der Waals surface area contributed by atoms with Crippen molar-refractivity contribution < 1.29 is 22.7 Å². The molecule has 0 fully saturated rings. The van der Waals surface area contributed by atoms with Crippen LogP contribution >= 0.6 is 11.6 Å². The Balaban J connectivity index is 2.49. The standard InChI is InChI=1S/C16H17ClN4O5S/c1-3-26-16(22)12-10-19-21(8-4-7-18)15(12)20-27(23,24)14-9-11(25-2)5-6-13(14)17/h5-6,9-10,20H,3-4,8H2,1-2H3. The number of rotatable bonds is 8. The van der Waals surface area contributed by atoms with E-state index in [1.807, 2.05) is 6.07 Å². The number of benzene rings is 1. The average molecular weight is 413 g/mol. The van der Waals surface area contributed by atoms with Crippen molar-refractivity contribution in [1.82, 2.24) is 9.78 Å². The van der Waals surface area contributed by atoms with Crippen LogP contribution in [0, 0.1) is 11.3 Å². The number of ether oxygens (including phenoxy) is 2. The maximum absolute atomic E-state index is 12.8. The Kier molecular flexibility index (Phi) is 6.65. The molecule has 27 heavy (non-hydrogen) atoms. The number of aromatic nitrogens is 2. The second kappa shape index (κ2) is 8.75. The van der Waals surface area contributed by atoms with Gasteiger partial charge < -0.3 is 9.47 Å². The molecule has 0 atom stereocenters. The van der Waals surface area contributed by atoms with Crippen LogP contribution in [0.5, 0.6) is 5.75 Å². The van der Waals surface area contributed by atoms with Crippen LogP contribution in [-0.4, -0.2) is 37.9 Å². The van der Waals surface area contributed by atoms with Crippen molar-refractivity contribution in [3.05, 3.63) is 35.0 Å². The fourth-order valence-corrected chi connectivity index (χ4v) is 3.77. The number of hydrogen-bond donors (Lipinski definition) is 1. The number of esters is 1. The van der Waals surface area contributed by atoms with Gasteiger partial charge in [0, 0.05) is 6.07 Å². The number of aryl methyl sites for hydroxylation is 1. The van der Waals surface area contributed by atoms with Crippen LogP contribution in [0.15, 0.2) is 29.3 Å². The zero-order chi connectivity index (χ0) is 20.0. The summed E-state index contributed by atoms with van der Waals surface area (Å²) in [6.45, 7) is 1.81. The van der Waals surface area contributed by atoms with Crippen LogP contribution in [0.4, 0.5) is 5.82 Å². The minimum Gasteiger partial charge on any atom is -0.497 e. The molecular weight excluding hydrogens is 396 g/mol. The lowest BCUT2D eigenvalue weighted by molar-refractivity contribution is 0.0527. The third kappa shape index (κ3) is 4.69. The summed E-state index contributed by atoms with van der Waals surface area (Å²) in [5.41, 5.74) is -0.0719. The van der Waals surface area contributed by atoms with Gasteiger partial charge in [-0.3, -0.25) is 4.72 Å². The monoisotopic (exact) mass is 412 g/mol. The van der Waals surface area contributed by atoms with Gasteiger partial charge in [-0.25, -0.2) is 17.9 Å². The van der Waals surface area contributed by atoms with Crippen molar-refractivity contribution in [2.75, 3.05) is 18.4 Å². The third-order valence-electron chi connectivity index (χ3n) is 3.43. The Morgan fingerprint density at radius 2 is 2.19 bits per heavy atom. The molecule has 0 aliphatic rings. The van der Waals surface area contributed by atoms with E-state index >= 15 is 0 Å². The number of sulfonamides is 1. The zero-order valence-electron chi connectivity index (χ0n) is 14.6. The highest BCUT2D eigenvalue weighted by Gasteiger charge is 2.26. The van der Waals surface area contributed by atoms with Crippen LogP contribution in [-0.2, 0) is 21.3 Å². The molecule has 0 bridgehead atoms. The quantitative estimate of drug-likeness (QED) is 0.660. The molecule has 1 aromatic carbocycles. The molecule has 11 heteroatoms. The first-order valence-corrected chi connectivity index (χ1v) is 9.66. The van der Waals surface area contributed by atoms with Crippen LogP contribution < -0.4 is 9.46 Å². The number of nitrogens with zero attached hydrogens (tertiary/aromatic N) is 3. The molecule has 1 aromatic heterocycles. The largest absolute Gasteiger partial charge is 0.497 e. The summed E-state index contributed by atoms with van der Waals surface area (Å²) in [6.07, 6.45) is 1.25. The molecule has 1 N–H and O–H groups in total. The summed E-state index contributed by atoms with van der Waals surface area (Å²) in [4.78, 5) is 11.9. The number of methoxy groups -OCH3 is 1. The minimum absolute atomic E-state index is 0.0240. The first kappa shape index (κ1) is 20.5. The Morgan fingerprint density at radius 1 is 1.44 bits per heavy atom. The highest BCUT2D eigenvalue weighted by atomic mass is 35.5. The van der Waals surface area contributed by atoms with Gasteiger partial charge >= 0.3 is 5.97 Å². The normalized spacial score (nSPS) is 10.9. The van der Waals surface area contributed by atoms with Gasteiger partial charge in [0.25, 0.3) is 10.0 Å². The predicted octanol–water partition coefficient (Wildman–Crippen LogP) is 2.44. The highest BCUT2D eigenvalue weighted by Crippen LogP contribution is 2.29. The number of carbonyl (C=O) groups excluding carboxylic acids is 1. The topological polar surface area (TPSA) is 123 Å². The van der Waals surface area contributed by atoms with E-state index in [1.54, 1.807) is 6.92 Å². The van der Waals surface area contributed by atoms with Gasteiger partial charge in [-0.05, 0) is 19.1 Å². The van der Waals surface area contributed by atoms with Crippen LogP contribution in [0.3, 0.4) is 0 Å². The number of nitriles is 1. The summed E-state index contributed by atoms with van der Waals surface area (Å²) in [5, 5.41) is 12.7. The van der Waals surface area contributed by atoms with Crippen molar-refractivity contribution >= 4 is 33.4 Å². The highest BCUT2D eigenvalue weighted by molar-refractivity contribution is 7.92. The summed E-state index contributed by atoms with van der Waals surface area (Å²) < 4.78 is 39.2. The Bertz CT molecular complexity index is 981.